The molecule has 0 aliphatic carbocycles. The van der Waals surface area contributed by atoms with Crippen molar-refractivity contribution in [2.24, 2.45) is 0 Å². The van der Waals surface area contributed by atoms with Gasteiger partial charge in [-0.1, -0.05) is 30.7 Å². The molecular formula is C24H32ClN5O. The molecule has 0 saturated heterocycles. The van der Waals surface area contributed by atoms with Gasteiger partial charge in [-0.05, 0) is 63.3 Å². The molecule has 3 aromatic rings. The lowest BCUT2D eigenvalue weighted by molar-refractivity contribution is 0.0790. The van der Waals surface area contributed by atoms with Crippen LogP contribution in [0.3, 0.4) is 0 Å². The number of halogens is 1. The third-order valence-electron chi connectivity index (χ3n) is 5.38. The third kappa shape index (κ3) is 5.57. The quantitative estimate of drug-likeness (QED) is 0.499. The lowest BCUT2D eigenvalue weighted by Gasteiger charge is -2.21. The molecule has 0 fully saturated rings. The number of anilines is 1. The summed E-state index contributed by atoms with van der Waals surface area (Å²) in [5.41, 5.74) is 3.69. The molecule has 0 N–H and O–H groups in total. The zero-order valence-corrected chi connectivity index (χ0v) is 19.9. The molecule has 0 unspecified atom stereocenters. The molecule has 7 heteroatoms. The summed E-state index contributed by atoms with van der Waals surface area (Å²) in [6, 6.07) is 11.7. The van der Waals surface area contributed by atoms with Crippen LogP contribution in [0.1, 0.15) is 35.0 Å². The van der Waals surface area contributed by atoms with Gasteiger partial charge in [0.1, 0.15) is 11.5 Å². The van der Waals surface area contributed by atoms with Crippen molar-refractivity contribution >= 4 is 29.0 Å². The number of hydrogen-bond acceptors (Lipinski definition) is 4. The number of carbonyl (C=O) groups is 1. The lowest BCUT2D eigenvalue weighted by atomic mass is 10.2. The molecule has 31 heavy (non-hydrogen) atoms. The molecule has 1 aromatic carbocycles. The van der Waals surface area contributed by atoms with E-state index >= 15 is 0 Å². The van der Waals surface area contributed by atoms with Crippen molar-refractivity contribution in [3.63, 3.8) is 0 Å². The Morgan fingerprint density at radius 2 is 1.74 bits per heavy atom. The van der Waals surface area contributed by atoms with Crippen LogP contribution < -0.4 is 4.90 Å². The fraction of sp³-hybridized carbons (Fsp3) is 0.417. The van der Waals surface area contributed by atoms with Gasteiger partial charge in [-0.2, -0.15) is 0 Å². The molecule has 0 aliphatic heterocycles. The summed E-state index contributed by atoms with van der Waals surface area (Å²) < 4.78 is 2.04. The van der Waals surface area contributed by atoms with Gasteiger partial charge in [-0.15, -0.1) is 0 Å². The molecule has 2 heterocycles. The van der Waals surface area contributed by atoms with Crippen LogP contribution in [0.15, 0.2) is 42.6 Å². The minimum atomic E-state index is 0.0266. The van der Waals surface area contributed by atoms with Gasteiger partial charge in [0.25, 0.3) is 5.91 Å². The first-order chi connectivity index (χ1) is 14.8. The second kappa shape index (κ2) is 10.2. The average molecular weight is 442 g/mol. The number of hydrogen-bond donors (Lipinski definition) is 0. The Morgan fingerprint density at radius 3 is 2.39 bits per heavy atom. The zero-order valence-electron chi connectivity index (χ0n) is 19.1. The van der Waals surface area contributed by atoms with Gasteiger partial charge in [-0.25, -0.2) is 4.98 Å². The molecule has 6 nitrogen and oxygen atoms in total. The summed E-state index contributed by atoms with van der Waals surface area (Å²) in [5.74, 6) is 1.04. The van der Waals surface area contributed by atoms with Crippen LogP contribution >= 0.6 is 11.6 Å². The van der Waals surface area contributed by atoms with Crippen LogP contribution in [0.4, 0.5) is 5.82 Å². The highest BCUT2D eigenvalue weighted by Crippen LogP contribution is 2.25. The summed E-state index contributed by atoms with van der Waals surface area (Å²) in [6.45, 7) is 4.51. The van der Waals surface area contributed by atoms with Crippen molar-refractivity contribution in [2.75, 3.05) is 46.2 Å². The van der Waals surface area contributed by atoms with Gasteiger partial charge in [0.05, 0.1) is 11.3 Å². The lowest BCUT2D eigenvalue weighted by Crippen LogP contribution is -2.30. The smallest absolute Gasteiger partial charge is 0.255 e. The predicted octanol–water partition coefficient (Wildman–Crippen LogP) is 4.21. The number of fused-ring (bicyclic) bond motifs is 1. The first-order valence-corrected chi connectivity index (χ1v) is 11.0. The number of nitrogens with zero attached hydrogens (tertiary/aromatic N) is 5. The highest BCUT2D eigenvalue weighted by molar-refractivity contribution is 6.30. The number of rotatable bonds is 9. The standard InChI is InChI=1S/C24H32ClN5O/c1-6-21-23(29(5)16-18-8-11-20(25)12-9-18)30-17-19(10-13-22(30)26-21)24(31)28(4)15-7-14-27(2)3/h8-13,17H,6-7,14-16H2,1-5H3. The number of benzene rings is 1. The topological polar surface area (TPSA) is 44.1 Å². The molecule has 166 valence electrons. The number of aromatic nitrogens is 2. The molecule has 0 saturated carbocycles. The van der Waals surface area contributed by atoms with E-state index in [0.717, 1.165) is 60.2 Å². The Balaban J connectivity index is 1.87. The van der Waals surface area contributed by atoms with E-state index in [0.29, 0.717) is 5.56 Å². The number of imidazole rings is 1. The van der Waals surface area contributed by atoms with Crippen molar-refractivity contribution in [3.05, 3.63) is 64.4 Å². The van der Waals surface area contributed by atoms with Gasteiger partial charge in [0, 0.05) is 38.4 Å². The van der Waals surface area contributed by atoms with E-state index in [-0.39, 0.29) is 5.91 Å². The van der Waals surface area contributed by atoms with Crippen LogP contribution in [0, 0.1) is 0 Å². The molecule has 0 radical (unpaired) electrons. The minimum absolute atomic E-state index is 0.0266. The maximum absolute atomic E-state index is 13.0. The molecule has 0 spiro atoms. The fourth-order valence-corrected chi connectivity index (χ4v) is 3.86. The van der Waals surface area contributed by atoms with Crippen LogP contribution in [-0.2, 0) is 13.0 Å². The van der Waals surface area contributed by atoms with Gasteiger partial charge >= 0.3 is 0 Å². The molecule has 3 rings (SSSR count). The van der Waals surface area contributed by atoms with Crippen molar-refractivity contribution in [2.45, 2.75) is 26.3 Å². The number of carbonyl (C=O) groups excluding carboxylic acids is 1. The van der Waals surface area contributed by atoms with E-state index in [1.54, 1.807) is 4.90 Å². The first-order valence-electron chi connectivity index (χ1n) is 10.7. The molecule has 1 amide bonds. The highest BCUT2D eigenvalue weighted by Gasteiger charge is 2.18. The Kier molecular flexibility index (Phi) is 7.57. The van der Waals surface area contributed by atoms with Crippen molar-refractivity contribution < 1.29 is 4.79 Å². The minimum Gasteiger partial charge on any atom is -0.355 e. The van der Waals surface area contributed by atoms with E-state index in [9.17, 15) is 4.79 Å². The number of pyridine rings is 1. The maximum Gasteiger partial charge on any atom is 0.255 e. The van der Waals surface area contributed by atoms with Crippen LogP contribution in [0.5, 0.6) is 0 Å². The number of aryl methyl sites for hydroxylation is 1. The largest absolute Gasteiger partial charge is 0.355 e. The zero-order chi connectivity index (χ0) is 22.5. The van der Waals surface area contributed by atoms with Crippen LogP contribution in [-0.4, -0.2) is 66.4 Å². The van der Waals surface area contributed by atoms with Gasteiger partial charge < -0.3 is 14.7 Å². The summed E-state index contributed by atoms with van der Waals surface area (Å²) in [4.78, 5) is 23.9. The molecular weight excluding hydrogens is 410 g/mol. The predicted molar refractivity (Wildman–Crippen MR) is 128 cm³/mol. The van der Waals surface area contributed by atoms with Gasteiger partial charge in [0.15, 0.2) is 0 Å². The monoisotopic (exact) mass is 441 g/mol. The Morgan fingerprint density at radius 1 is 1.03 bits per heavy atom. The summed E-state index contributed by atoms with van der Waals surface area (Å²) in [7, 11) is 8.00. The third-order valence-corrected chi connectivity index (χ3v) is 5.64. The van der Waals surface area contributed by atoms with Crippen LogP contribution in [0.25, 0.3) is 5.65 Å². The molecule has 0 aliphatic rings. The SMILES string of the molecule is CCc1nc2ccc(C(=O)N(C)CCCN(C)C)cn2c1N(C)Cc1ccc(Cl)cc1. The Labute approximate surface area is 190 Å². The van der Waals surface area contributed by atoms with E-state index < -0.39 is 0 Å². The van der Waals surface area contributed by atoms with E-state index in [1.807, 2.05) is 68.1 Å². The molecule has 0 atom stereocenters. The van der Waals surface area contributed by atoms with E-state index in [2.05, 4.69) is 23.8 Å². The Bertz CT molecular complexity index is 1030. The second-order valence-corrected chi connectivity index (χ2v) is 8.68. The summed E-state index contributed by atoms with van der Waals surface area (Å²) in [5, 5.41) is 0.730. The van der Waals surface area contributed by atoms with E-state index in [1.165, 1.54) is 0 Å². The van der Waals surface area contributed by atoms with E-state index in [4.69, 9.17) is 16.6 Å². The Hall–Kier alpha value is -2.57. The van der Waals surface area contributed by atoms with Crippen molar-refractivity contribution in [1.29, 1.82) is 0 Å². The summed E-state index contributed by atoms with van der Waals surface area (Å²) >= 11 is 6.03. The fourth-order valence-electron chi connectivity index (χ4n) is 3.73. The van der Waals surface area contributed by atoms with Gasteiger partial charge in [0.2, 0.25) is 0 Å². The normalized spacial score (nSPS) is 11.3. The highest BCUT2D eigenvalue weighted by atomic mass is 35.5. The molecule has 0 bridgehead atoms. The maximum atomic E-state index is 13.0. The van der Waals surface area contributed by atoms with Crippen LogP contribution in [0.2, 0.25) is 5.02 Å². The van der Waals surface area contributed by atoms with Gasteiger partial charge in [-0.3, -0.25) is 9.20 Å². The second-order valence-electron chi connectivity index (χ2n) is 8.25. The molecule has 2 aromatic heterocycles. The van der Waals surface area contributed by atoms with Crippen molar-refractivity contribution in [1.82, 2.24) is 19.2 Å². The van der Waals surface area contributed by atoms with Crippen molar-refractivity contribution in [3.8, 4) is 0 Å². The summed E-state index contributed by atoms with van der Waals surface area (Å²) in [6.07, 6.45) is 3.67. The average Bonchev–Trinajstić information content (AvgIpc) is 3.12. The first kappa shape index (κ1) is 23.1. The number of amides is 1.